The number of anilines is 1. The summed E-state index contributed by atoms with van der Waals surface area (Å²) in [7, 11) is 5.92. The molecule has 1 fully saturated rings. The molecule has 1 N–H and O–H groups in total. The lowest BCUT2D eigenvalue weighted by Crippen LogP contribution is -2.47. The maximum atomic E-state index is 5.47. The van der Waals surface area contributed by atoms with E-state index in [9.17, 15) is 0 Å². The van der Waals surface area contributed by atoms with Crippen LogP contribution in [0.25, 0.3) is 0 Å². The van der Waals surface area contributed by atoms with E-state index in [4.69, 9.17) is 4.74 Å². The quantitative estimate of drug-likeness (QED) is 0.868. The highest BCUT2D eigenvalue weighted by Crippen LogP contribution is 2.42. The minimum Gasteiger partial charge on any atom is -0.495 e. The minimum atomic E-state index is 0.427. The molecule has 3 nitrogen and oxygen atoms in total. The van der Waals surface area contributed by atoms with Crippen LogP contribution in [0.4, 0.5) is 5.69 Å². The Kier molecular flexibility index (Phi) is 4.74. The molecule has 1 aromatic rings. The molecular weight excluding hydrogens is 304 g/mol. The topological polar surface area (TPSA) is 24.5 Å². The molecule has 0 radical (unpaired) electrons. The first kappa shape index (κ1) is 14.7. The molecule has 0 heterocycles. The number of methoxy groups -OCH3 is 1. The molecule has 0 amide bonds. The minimum absolute atomic E-state index is 0.427. The van der Waals surface area contributed by atoms with Gasteiger partial charge in [-0.05, 0) is 38.1 Å². The summed E-state index contributed by atoms with van der Waals surface area (Å²) in [6, 6.07) is 6.16. The van der Waals surface area contributed by atoms with Crippen molar-refractivity contribution in [2.24, 2.45) is 5.41 Å². The van der Waals surface area contributed by atoms with Gasteiger partial charge in [0.05, 0.1) is 12.8 Å². The van der Waals surface area contributed by atoms with Crippen molar-refractivity contribution in [3.63, 3.8) is 0 Å². The van der Waals surface area contributed by atoms with Crippen LogP contribution in [-0.4, -0.2) is 34.3 Å². The first-order valence-electron chi connectivity index (χ1n) is 6.79. The van der Waals surface area contributed by atoms with E-state index in [0.29, 0.717) is 5.41 Å². The van der Waals surface area contributed by atoms with Gasteiger partial charge in [-0.25, -0.2) is 0 Å². The van der Waals surface area contributed by atoms with Gasteiger partial charge in [0, 0.05) is 30.0 Å². The standard InChI is InChI=1S/C15H23BrN2O/c1-17-10-15(7-4-8-15)11-18(2)13-9-12(16)5-6-14(13)19-3/h5-6,9,17H,4,7-8,10-11H2,1-3H3. The van der Waals surface area contributed by atoms with Gasteiger partial charge < -0.3 is 15.0 Å². The van der Waals surface area contributed by atoms with Gasteiger partial charge in [-0.15, -0.1) is 0 Å². The molecule has 0 aliphatic heterocycles. The highest BCUT2D eigenvalue weighted by atomic mass is 79.9. The zero-order valence-electron chi connectivity index (χ0n) is 12.0. The van der Waals surface area contributed by atoms with E-state index in [1.165, 1.54) is 19.3 Å². The molecule has 0 spiro atoms. The third-order valence-corrected chi connectivity index (χ3v) is 4.58. The zero-order valence-corrected chi connectivity index (χ0v) is 13.6. The number of benzene rings is 1. The fraction of sp³-hybridized carbons (Fsp3) is 0.600. The SMILES string of the molecule is CNCC1(CN(C)c2cc(Br)ccc2OC)CCC1. The molecule has 0 atom stereocenters. The van der Waals surface area contributed by atoms with Crippen LogP contribution in [0, 0.1) is 5.41 Å². The molecule has 0 saturated heterocycles. The summed E-state index contributed by atoms with van der Waals surface area (Å²) >= 11 is 3.54. The van der Waals surface area contributed by atoms with Crippen LogP contribution in [0.15, 0.2) is 22.7 Å². The van der Waals surface area contributed by atoms with Crippen molar-refractivity contribution in [2.75, 3.05) is 39.2 Å². The summed E-state index contributed by atoms with van der Waals surface area (Å²) in [5, 5.41) is 3.34. The Hall–Kier alpha value is -0.740. The molecule has 0 unspecified atom stereocenters. The molecule has 0 aromatic heterocycles. The summed E-state index contributed by atoms with van der Waals surface area (Å²) in [6.07, 6.45) is 3.98. The van der Waals surface area contributed by atoms with Crippen molar-refractivity contribution >= 4 is 21.6 Å². The fourth-order valence-corrected chi connectivity index (χ4v) is 3.34. The van der Waals surface area contributed by atoms with E-state index in [-0.39, 0.29) is 0 Å². The largest absolute Gasteiger partial charge is 0.495 e. The molecule has 1 aliphatic rings. The summed E-state index contributed by atoms with van der Waals surface area (Å²) in [5.41, 5.74) is 1.58. The fourth-order valence-electron chi connectivity index (χ4n) is 2.99. The van der Waals surface area contributed by atoms with Gasteiger partial charge in [-0.2, -0.15) is 0 Å². The van der Waals surface area contributed by atoms with Crippen molar-refractivity contribution in [3.05, 3.63) is 22.7 Å². The molecule has 1 aromatic carbocycles. The highest BCUT2D eigenvalue weighted by Gasteiger charge is 2.37. The monoisotopic (exact) mass is 326 g/mol. The number of hydrogen-bond donors (Lipinski definition) is 1. The second-order valence-electron chi connectivity index (χ2n) is 5.56. The van der Waals surface area contributed by atoms with Crippen molar-refractivity contribution in [3.8, 4) is 5.75 Å². The average molecular weight is 327 g/mol. The van der Waals surface area contributed by atoms with Crippen molar-refractivity contribution in [1.29, 1.82) is 0 Å². The Labute approximate surface area is 124 Å². The summed E-state index contributed by atoms with van der Waals surface area (Å²) in [5.74, 6) is 0.935. The van der Waals surface area contributed by atoms with E-state index < -0.39 is 0 Å². The molecule has 0 bridgehead atoms. The van der Waals surface area contributed by atoms with Crippen molar-refractivity contribution in [1.82, 2.24) is 5.32 Å². The highest BCUT2D eigenvalue weighted by molar-refractivity contribution is 9.10. The van der Waals surface area contributed by atoms with Gasteiger partial charge in [-0.1, -0.05) is 22.4 Å². The predicted molar refractivity (Wildman–Crippen MR) is 84.2 cm³/mol. The Morgan fingerprint density at radius 2 is 2.16 bits per heavy atom. The zero-order chi connectivity index (χ0) is 13.9. The maximum Gasteiger partial charge on any atom is 0.142 e. The number of nitrogens with one attached hydrogen (secondary N) is 1. The van der Waals surface area contributed by atoms with Gasteiger partial charge in [0.1, 0.15) is 5.75 Å². The Morgan fingerprint density at radius 3 is 2.68 bits per heavy atom. The van der Waals surface area contributed by atoms with Crippen LogP contribution in [0.1, 0.15) is 19.3 Å². The number of rotatable bonds is 6. The smallest absolute Gasteiger partial charge is 0.142 e. The second-order valence-corrected chi connectivity index (χ2v) is 6.47. The number of hydrogen-bond acceptors (Lipinski definition) is 3. The van der Waals surface area contributed by atoms with E-state index in [2.05, 4.69) is 39.3 Å². The van der Waals surface area contributed by atoms with Gasteiger partial charge in [-0.3, -0.25) is 0 Å². The van der Waals surface area contributed by atoms with Gasteiger partial charge in [0.25, 0.3) is 0 Å². The molecular formula is C15H23BrN2O. The van der Waals surface area contributed by atoms with Gasteiger partial charge in [0.2, 0.25) is 0 Å². The lowest BCUT2D eigenvalue weighted by Gasteiger charge is -2.45. The van der Waals surface area contributed by atoms with E-state index in [0.717, 1.165) is 29.0 Å². The molecule has 19 heavy (non-hydrogen) atoms. The third kappa shape index (κ3) is 3.23. The normalized spacial score (nSPS) is 16.8. The number of nitrogens with zero attached hydrogens (tertiary/aromatic N) is 1. The van der Waals surface area contributed by atoms with Crippen LogP contribution in [0.3, 0.4) is 0 Å². The van der Waals surface area contributed by atoms with Crippen LogP contribution < -0.4 is 15.0 Å². The van der Waals surface area contributed by atoms with Crippen LogP contribution in [0.5, 0.6) is 5.75 Å². The predicted octanol–water partition coefficient (Wildman–Crippen LogP) is 3.28. The van der Waals surface area contributed by atoms with E-state index in [1.807, 2.05) is 19.2 Å². The average Bonchev–Trinajstić information content (AvgIpc) is 2.36. The van der Waals surface area contributed by atoms with Crippen LogP contribution in [-0.2, 0) is 0 Å². The molecule has 1 saturated carbocycles. The first-order valence-corrected chi connectivity index (χ1v) is 7.59. The first-order chi connectivity index (χ1) is 9.10. The van der Waals surface area contributed by atoms with Gasteiger partial charge >= 0.3 is 0 Å². The van der Waals surface area contributed by atoms with Crippen molar-refractivity contribution in [2.45, 2.75) is 19.3 Å². The number of ether oxygens (including phenoxy) is 1. The van der Waals surface area contributed by atoms with Crippen LogP contribution in [0.2, 0.25) is 0 Å². The Bertz CT molecular complexity index is 432. The van der Waals surface area contributed by atoms with E-state index in [1.54, 1.807) is 7.11 Å². The molecule has 2 rings (SSSR count). The third-order valence-electron chi connectivity index (χ3n) is 4.09. The summed E-state index contributed by atoms with van der Waals surface area (Å²) < 4.78 is 6.56. The molecule has 106 valence electrons. The number of halogens is 1. The van der Waals surface area contributed by atoms with Crippen molar-refractivity contribution < 1.29 is 4.74 Å². The van der Waals surface area contributed by atoms with E-state index >= 15 is 0 Å². The Balaban J connectivity index is 2.15. The second kappa shape index (κ2) is 6.14. The lowest BCUT2D eigenvalue weighted by atomic mass is 9.68. The maximum absolute atomic E-state index is 5.47. The summed E-state index contributed by atoms with van der Waals surface area (Å²) in [6.45, 7) is 2.16. The van der Waals surface area contributed by atoms with Crippen LogP contribution >= 0.6 is 15.9 Å². The molecule has 4 heteroatoms. The molecule has 1 aliphatic carbocycles. The summed E-state index contributed by atoms with van der Waals surface area (Å²) in [4.78, 5) is 2.32. The lowest BCUT2D eigenvalue weighted by molar-refractivity contribution is 0.142. The Morgan fingerprint density at radius 1 is 1.42 bits per heavy atom. The van der Waals surface area contributed by atoms with Gasteiger partial charge in [0.15, 0.2) is 0 Å².